The number of carbonyl (C=O) groups excluding carboxylic acids is 2. The lowest BCUT2D eigenvalue weighted by molar-refractivity contribution is -0.133. The maximum Gasteiger partial charge on any atom is 0.384 e. The van der Waals surface area contributed by atoms with Crippen LogP contribution in [0, 0.1) is 11.8 Å². The summed E-state index contributed by atoms with van der Waals surface area (Å²) in [5.74, 6) is 4.35. The van der Waals surface area contributed by atoms with Gasteiger partial charge in [-0.25, -0.2) is 4.79 Å². The van der Waals surface area contributed by atoms with Crippen molar-refractivity contribution >= 4 is 11.8 Å². The molecular weight excluding hydrogens is 196 g/mol. The second kappa shape index (κ2) is 9.22. The molecule has 0 bridgehead atoms. The van der Waals surface area contributed by atoms with E-state index in [1.165, 1.54) is 7.11 Å². The highest BCUT2D eigenvalue weighted by Gasteiger charge is 1.99. The van der Waals surface area contributed by atoms with Crippen LogP contribution < -0.4 is 0 Å². The predicted molar refractivity (Wildman–Crippen MR) is 55.0 cm³/mol. The fourth-order valence-electron chi connectivity index (χ4n) is 0.947. The number of aliphatic hydroxyl groups is 1. The summed E-state index contributed by atoms with van der Waals surface area (Å²) in [5, 5.41) is 8.50. The monoisotopic (exact) mass is 212 g/mol. The molecule has 0 rings (SSSR count). The summed E-state index contributed by atoms with van der Waals surface area (Å²) in [7, 11) is 1.26. The lowest BCUT2D eigenvalue weighted by atomic mass is 10.1. The van der Waals surface area contributed by atoms with Gasteiger partial charge in [0.05, 0.1) is 7.11 Å². The molecule has 84 valence electrons. The molecule has 0 aliphatic heterocycles. The first-order chi connectivity index (χ1) is 7.20. The topological polar surface area (TPSA) is 63.6 Å². The zero-order chi connectivity index (χ0) is 11.5. The van der Waals surface area contributed by atoms with E-state index in [4.69, 9.17) is 5.11 Å². The molecule has 0 aromatic carbocycles. The predicted octanol–water partition coefficient (Wildman–Crippen LogP) is 0.675. The van der Waals surface area contributed by atoms with Crippen LogP contribution >= 0.6 is 0 Å². The Hall–Kier alpha value is -1.34. The highest BCUT2D eigenvalue weighted by Crippen LogP contribution is 2.00. The lowest BCUT2D eigenvalue weighted by Crippen LogP contribution is -1.98. The highest BCUT2D eigenvalue weighted by molar-refractivity contribution is 5.88. The summed E-state index contributed by atoms with van der Waals surface area (Å²) in [6, 6.07) is 0. The molecule has 0 radical (unpaired) electrons. The standard InChI is InChI=1S/C11H16O4/c1-15-11(14)8-3-2-6-10(13)7-4-5-9-12/h12H,2,4-7,9H2,1H3. The first kappa shape index (κ1) is 13.7. The first-order valence-corrected chi connectivity index (χ1v) is 4.90. The van der Waals surface area contributed by atoms with Crippen molar-refractivity contribution in [3.05, 3.63) is 0 Å². The highest BCUT2D eigenvalue weighted by atomic mass is 16.5. The van der Waals surface area contributed by atoms with Gasteiger partial charge < -0.3 is 9.84 Å². The SMILES string of the molecule is COC(=O)C#CCCC(=O)CCCCO. The van der Waals surface area contributed by atoms with Crippen LogP contribution in [0.2, 0.25) is 0 Å². The Balaban J connectivity index is 3.53. The van der Waals surface area contributed by atoms with Gasteiger partial charge in [-0.2, -0.15) is 0 Å². The quantitative estimate of drug-likeness (QED) is 0.304. The molecule has 0 fully saturated rings. The average molecular weight is 212 g/mol. The Kier molecular flexibility index (Phi) is 8.40. The van der Waals surface area contributed by atoms with Gasteiger partial charge in [0, 0.05) is 31.8 Å². The van der Waals surface area contributed by atoms with Crippen molar-refractivity contribution in [1.82, 2.24) is 0 Å². The van der Waals surface area contributed by atoms with Gasteiger partial charge in [0.2, 0.25) is 0 Å². The van der Waals surface area contributed by atoms with E-state index < -0.39 is 5.97 Å². The number of esters is 1. The maximum atomic E-state index is 11.2. The van der Waals surface area contributed by atoms with Crippen LogP contribution in [0.25, 0.3) is 0 Å². The number of Topliss-reactive ketones (excluding diaryl/α,β-unsaturated/α-hetero) is 1. The molecule has 0 amide bonds. The number of ketones is 1. The lowest BCUT2D eigenvalue weighted by Gasteiger charge is -1.96. The number of unbranched alkanes of at least 4 members (excludes halogenated alkanes) is 1. The van der Waals surface area contributed by atoms with Gasteiger partial charge in [-0.1, -0.05) is 5.92 Å². The van der Waals surface area contributed by atoms with Gasteiger partial charge in [-0.3, -0.25) is 4.79 Å². The fraction of sp³-hybridized carbons (Fsp3) is 0.636. The molecule has 0 aromatic heterocycles. The van der Waals surface area contributed by atoms with Crippen LogP contribution in [-0.4, -0.2) is 30.6 Å². The Labute approximate surface area is 89.6 Å². The van der Waals surface area contributed by atoms with Crippen molar-refractivity contribution in [2.45, 2.75) is 32.1 Å². The van der Waals surface area contributed by atoms with Crippen LogP contribution in [0.15, 0.2) is 0 Å². The molecule has 0 aromatic rings. The molecule has 1 N–H and O–H groups in total. The smallest absolute Gasteiger partial charge is 0.384 e. The van der Waals surface area contributed by atoms with E-state index >= 15 is 0 Å². The Morgan fingerprint density at radius 3 is 2.60 bits per heavy atom. The van der Waals surface area contributed by atoms with Crippen LogP contribution in [0.4, 0.5) is 0 Å². The van der Waals surface area contributed by atoms with E-state index in [1.54, 1.807) is 0 Å². The molecule has 4 nitrogen and oxygen atoms in total. The molecule has 0 spiro atoms. The molecule has 0 unspecified atom stereocenters. The van der Waals surface area contributed by atoms with E-state index in [1.807, 2.05) is 0 Å². The number of carbonyl (C=O) groups is 2. The van der Waals surface area contributed by atoms with Crippen LogP contribution in [0.1, 0.15) is 32.1 Å². The number of aliphatic hydroxyl groups excluding tert-OH is 1. The van der Waals surface area contributed by atoms with Crippen LogP contribution in [0.5, 0.6) is 0 Å². The third kappa shape index (κ3) is 8.98. The van der Waals surface area contributed by atoms with Crippen molar-refractivity contribution in [2.24, 2.45) is 0 Å². The van der Waals surface area contributed by atoms with Crippen molar-refractivity contribution in [3.63, 3.8) is 0 Å². The van der Waals surface area contributed by atoms with Crippen LogP contribution in [-0.2, 0) is 14.3 Å². The fourth-order valence-corrected chi connectivity index (χ4v) is 0.947. The summed E-state index contributed by atoms with van der Waals surface area (Å²) in [4.78, 5) is 21.7. The minimum Gasteiger partial charge on any atom is -0.459 e. The van der Waals surface area contributed by atoms with E-state index in [-0.39, 0.29) is 12.4 Å². The zero-order valence-corrected chi connectivity index (χ0v) is 8.91. The van der Waals surface area contributed by atoms with Crippen molar-refractivity contribution in [3.8, 4) is 11.8 Å². The Morgan fingerprint density at radius 1 is 1.27 bits per heavy atom. The number of methoxy groups -OCH3 is 1. The van der Waals surface area contributed by atoms with Crippen molar-refractivity contribution in [1.29, 1.82) is 0 Å². The number of hydrogen-bond donors (Lipinski definition) is 1. The molecule has 4 heteroatoms. The third-order valence-corrected chi connectivity index (χ3v) is 1.77. The first-order valence-electron chi connectivity index (χ1n) is 4.90. The van der Waals surface area contributed by atoms with Gasteiger partial charge in [0.15, 0.2) is 0 Å². The second-order valence-electron chi connectivity index (χ2n) is 3.01. The van der Waals surface area contributed by atoms with E-state index in [9.17, 15) is 9.59 Å². The summed E-state index contributed by atoms with van der Waals surface area (Å²) >= 11 is 0. The average Bonchev–Trinajstić information content (AvgIpc) is 2.24. The summed E-state index contributed by atoms with van der Waals surface area (Å²) < 4.78 is 4.31. The minimum absolute atomic E-state index is 0.114. The summed E-state index contributed by atoms with van der Waals surface area (Å²) in [5.41, 5.74) is 0. The Bertz CT molecular complexity index is 259. The number of hydrogen-bond acceptors (Lipinski definition) is 4. The van der Waals surface area contributed by atoms with Gasteiger partial charge in [0.25, 0.3) is 0 Å². The van der Waals surface area contributed by atoms with Gasteiger partial charge in [-0.15, -0.1) is 0 Å². The maximum absolute atomic E-state index is 11.2. The molecular formula is C11H16O4. The molecule has 0 saturated carbocycles. The third-order valence-electron chi connectivity index (χ3n) is 1.77. The van der Waals surface area contributed by atoms with Crippen molar-refractivity contribution in [2.75, 3.05) is 13.7 Å². The Morgan fingerprint density at radius 2 is 2.00 bits per heavy atom. The second-order valence-corrected chi connectivity index (χ2v) is 3.01. The van der Waals surface area contributed by atoms with Gasteiger partial charge in [-0.05, 0) is 12.8 Å². The van der Waals surface area contributed by atoms with Crippen LogP contribution in [0.3, 0.4) is 0 Å². The van der Waals surface area contributed by atoms with Gasteiger partial charge in [0.1, 0.15) is 5.78 Å². The molecule has 15 heavy (non-hydrogen) atoms. The normalized spacial score (nSPS) is 8.93. The largest absolute Gasteiger partial charge is 0.459 e. The molecule has 0 saturated heterocycles. The molecule has 0 heterocycles. The van der Waals surface area contributed by atoms with Crippen molar-refractivity contribution < 1.29 is 19.4 Å². The molecule has 0 aliphatic rings. The number of rotatable bonds is 6. The number of ether oxygens (including phenoxy) is 1. The van der Waals surface area contributed by atoms with E-state index in [0.29, 0.717) is 32.1 Å². The minimum atomic E-state index is -0.581. The van der Waals surface area contributed by atoms with E-state index in [0.717, 1.165) is 0 Å². The summed E-state index contributed by atoms with van der Waals surface area (Å²) in [6.07, 6.45) is 2.57. The zero-order valence-electron chi connectivity index (χ0n) is 8.91. The molecule has 0 atom stereocenters. The van der Waals surface area contributed by atoms with E-state index in [2.05, 4.69) is 16.6 Å². The summed E-state index contributed by atoms with van der Waals surface area (Å²) in [6.45, 7) is 0.120. The van der Waals surface area contributed by atoms with Gasteiger partial charge >= 0.3 is 5.97 Å². The molecule has 0 aliphatic carbocycles.